The predicted octanol–water partition coefficient (Wildman–Crippen LogP) is 3.73. The Morgan fingerprint density at radius 2 is 1.96 bits per heavy atom. The van der Waals surface area contributed by atoms with Crippen LogP contribution in [0.4, 0.5) is 13.2 Å². The normalized spacial score (nSPS) is 11.5. The number of hydrogen-bond donors (Lipinski definition) is 0. The summed E-state index contributed by atoms with van der Waals surface area (Å²) in [7, 11) is 1.61. The third kappa shape index (κ3) is 4.52. The van der Waals surface area contributed by atoms with Gasteiger partial charge in [0.15, 0.2) is 11.0 Å². The van der Waals surface area contributed by atoms with Crippen molar-refractivity contribution in [2.45, 2.75) is 24.3 Å². The van der Waals surface area contributed by atoms with Gasteiger partial charge >= 0.3 is 6.18 Å². The number of alkyl halides is 3. The van der Waals surface area contributed by atoms with Crippen molar-refractivity contribution in [1.29, 1.82) is 0 Å². The summed E-state index contributed by atoms with van der Waals surface area (Å²) in [6.45, 7) is 1.15. The van der Waals surface area contributed by atoms with Crippen molar-refractivity contribution < 1.29 is 17.9 Å². The van der Waals surface area contributed by atoms with E-state index in [2.05, 4.69) is 16.1 Å². The summed E-state index contributed by atoms with van der Waals surface area (Å²) in [6.07, 6.45) is 1.63. The van der Waals surface area contributed by atoms with Gasteiger partial charge in [-0.2, -0.15) is 13.2 Å². The molecule has 0 bridgehead atoms. The SMILES string of the molecule is C#CCSc1nnc(-c2ccc(C(F)(F)F)cc2)n1CCCOC. The van der Waals surface area contributed by atoms with E-state index in [1.165, 1.54) is 23.9 Å². The van der Waals surface area contributed by atoms with Crippen molar-refractivity contribution in [3.63, 3.8) is 0 Å². The lowest BCUT2D eigenvalue weighted by molar-refractivity contribution is -0.137. The fourth-order valence-electron chi connectivity index (χ4n) is 2.09. The molecule has 0 atom stereocenters. The second-order valence-corrected chi connectivity index (χ2v) is 5.81. The summed E-state index contributed by atoms with van der Waals surface area (Å²) in [6, 6.07) is 4.88. The van der Waals surface area contributed by atoms with E-state index >= 15 is 0 Å². The Kier molecular flexibility index (Phi) is 6.29. The highest BCUT2D eigenvalue weighted by molar-refractivity contribution is 7.99. The van der Waals surface area contributed by atoms with Gasteiger partial charge in [0.1, 0.15) is 0 Å². The van der Waals surface area contributed by atoms with Crippen molar-refractivity contribution in [1.82, 2.24) is 14.8 Å². The van der Waals surface area contributed by atoms with Crippen LogP contribution in [-0.2, 0) is 17.5 Å². The molecule has 0 unspecified atom stereocenters. The molecular formula is C16H16F3N3OS. The fraction of sp³-hybridized carbons (Fsp3) is 0.375. The number of methoxy groups -OCH3 is 1. The average molecular weight is 355 g/mol. The van der Waals surface area contributed by atoms with Crippen LogP contribution in [0, 0.1) is 12.3 Å². The van der Waals surface area contributed by atoms with Crippen LogP contribution in [-0.4, -0.2) is 34.2 Å². The Morgan fingerprint density at radius 3 is 2.54 bits per heavy atom. The van der Waals surface area contributed by atoms with Gasteiger partial charge in [-0.3, -0.25) is 0 Å². The van der Waals surface area contributed by atoms with Crippen molar-refractivity contribution >= 4 is 11.8 Å². The molecule has 0 saturated heterocycles. The van der Waals surface area contributed by atoms with Crippen LogP contribution in [0.2, 0.25) is 0 Å². The highest BCUT2D eigenvalue weighted by atomic mass is 32.2. The molecule has 0 saturated carbocycles. The molecule has 24 heavy (non-hydrogen) atoms. The Balaban J connectivity index is 2.31. The first-order valence-corrected chi connectivity index (χ1v) is 8.12. The minimum atomic E-state index is -4.36. The van der Waals surface area contributed by atoms with Gasteiger partial charge in [0.05, 0.1) is 11.3 Å². The molecule has 128 valence electrons. The fourth-order valence-corrected chi connectivity index (χ4v) is 2.74. The van der Waals surface area contributed by atoms with Gasteiger partial charge in [-0.05, 0) is 18.6 Å². The number of aromatic nitrogens is 3. The minimum Gasteiger partial charge on any atom is -0.385 e. The summed E-state index contributed by atoms with van der Waals surface area (Å²) in [5, 5.41) is 8.85. The summed E-state index contributed by atoms with van der Waals surface area (Å²) >= 11 is 1.36. The highest BCUT2D eigenvalue weighted by Gasteiger charge is 2.30. The van der Waals surface area contributed by atoms with Crippen LogP contribution in [0.15, 0.2) is 29.4 Å². The maximum atomic E-state index is 12.7. The molecule has 0 N–H and O–H groups in total. The van der Waals surface area contributed by atoms with Crippen LogP contribution in [0.3, 0.4) is 0 Å². The van der Waals surface area contributed by atoms with Crippen LogP contribution in [0.5, 0.6) is 0 Å². The largest absolute Gasteiger partial charge is 0.416 e. The van der Waals surface area contributed by atoms with E-state index in [1.807, 2.05) is 4.57 Å². The Morgan fingerprint density at radius 1 is 1.25 bits per heavy atom. The van der Waals surface area contributed by atoms with Crippen LogP contribution in [0.1, 0.15) is 12.0 Å². The van der Waals surface area contributed by atoms with Gasteiger partial charge < -0.3 is 9.30 Å². The van der Waals surface area contributed by atoms with Crippen molar-refractivity contribution in [2.75, 3.05) is 19.5 Å². The zero-order valence-corrected chi connectivity index (χ0v) is 13.8. The number of hydrogen-bond acceptors (Lipinski definition) is 4. The Hall–Kier alpha value is -1.98. The molecule has 2 rings (SSSR count). The molecule has 4 nitrogen and oxygen atoms in total. The lowest BCUT2D eigenvalue weighted by atomic mass is 10.1. The molecule has 1 aromatic heterocycles. The molecule has 0 aliphatic heterocycles. The Labute approximate surface area is 142 Å². The van der Waals surface area contributed by atoms with E-state index in [0.29, 0.717) is 35.4 Å². The first-order valence-electron chi connectivity index (χ1n) is 7.13. The number of benzene rings is 1. The zero-order chi connectivity index (χ0) is 17.6. The van der Waals surface area contributed by atoms with Crippen molar-refractivity contribution in [3.8, 4) is 23.7 Å². The molecule has 8 heteroatoms. The number of thioether (sulfide) groups is 1. The average Bonchev–Trinajstić information content (AvgIpc) is 2.95. The van der Waals surface area contributed by atoms with E-state index in [9.17, 15) is 13.2 Å². The topological polar surface area (TPSA) is 39.9 Å². The number of nitrogens with zero attached hydrogens (tertiary/aromatic N) is 3. The third-order valence-corrected chi connectivity index (χ3v) is 4.07. The van der Waals surface area contributed by atoms with Crippen molar-refractivity contribution in [2.24, 2.45) is 0 Å². The Bertz CT molecular complexity index is 705. The minimum absolute atomic E-state index is 0.440. The second kappa shape index (κ2) is 8.22. The number of halogens is 3. The number of terminal acetylenes is 1. The lowest BCUT2D eigenvalue weighted by Gasteiger charge is -2.10. The highest BCUT2D eigenvalue weighted by Crippen LogP contribution is 2.31. The van der Waals surface area contributed by atoms with E-state index < -0.39 is 11.7 Å². The summed E-state index contributed by atoms with van der Waals surface area (Å²) in [5.41, 5.74) is -0.126. The molecule has 2 aromatic rings. The van der Waals surface area contributed by atoms with Crippen LogP contribution >= 0.6 is 11.8 Å². The summed E-state index contributed by atoms with van der Waals surface area (Å²) < 4.78 is 44.9. The van der Waals surface area contributed by atoms with E-state index in [1.54, 1.807) is 7.11 Å². The maximum absolute atomic E-state index is 12.7. The molecule has 1 heterocycles. The van der Waals surface area contributed by atoms with Gasteiger partial charge in [0.2, 0.25) is 0 Å². The standard InChI is InChI=1S/C16H16F3N3OS/c1-3-11-24-15-21-20-14(22(15)9-4-10-23-2)12-5-7-13(8-6-12)16(17,18)19/h1,5-8H,4,9-11H2,2H3. The molecule has 0 aliphatic carbocycles. The van der Waals surface area contributed by atoms with E-state index in [4.69, 9.17) is 11.2 Å². The molecule has 0 amide bonds. The maximum Gasteiger partial charge on any atom is 0.416 e. The third-order valence-electron chi connectivity index (χ3n) is 3.20. The molecule has 0 fully saturated rings. The summed E-state index contributed by atoms with van der Waals surface area (Å²) in [4.78, 5) is 0. The quantitative estimate of drug-likeness (QED) is 0.431. The molecular weight excluding hydrogens is 339 g/mol. The van der Waals surface area contributed by atoms with Gasteiger partial charge in [-0.1, -0.05) is 29.8 Å². The predicted molar refractivity (Wildman–Crippen MR) is 86.5 cm³/mol. The van der Waals surface area contributed by atoms with Crippen LogP contribution in [0.25, 0.3) is 11.4 Å². The van der Waals surface area contributed by atoms with Crippen LogP contribution < -0.4 is 0 Å². The van der Waals surface area contributed by atoms with Gasteiger partial charge in [0, 0.05) is 25.8 Å². The number of rotatable bonds is 7. The molecule has 0 radical (unpaired) electrons. The lowest BCUT2D eigenvalue weighted by Crippen LogP contribution is -2.06. The van der Waals surface area contributed by atoms with Gasteiger partial charge in [-0.15, -0.1) is 16.6 Å². The molecule has 0 spiro atoms. The first-order chi connectivity index (χ1) is 11.5. The summed E-state index contributed by atoms with van der Waals surface area (Å²) in [5.74, 6) is 3.47. The van der Waals surface area contributed by atoms with Gasteiger partial charge in [0.25, 0.3) is 0 Å². The monoisotopic (exact) mass is 355 g/mol. The zero-order valence-electron chi connectivity index (χ0n) is 13.0. The molecule has 0 aliphatic rings. The smallest absolute Gasteiger partial charge is 0.385 e. The molecule has 1 aromatic carbocycles. The van der Waals surface area contributed by atoms with Gasteiger partial charge in [-0.25, -0.2) is 0 Å². The van der Waals surface area contributed by atoms with Crippen molar-refractivity contribution in [3.05, 3.63) is 29.8 Å². The van der Waals surface area contributed by atoms with E-state index in [0.717, 1.165) is 18.6 Å². The first kappa shape index (κ1) is 18.4. The number of ether oxygens (including phenoxy) is 1. The van der Waals surface area contributed by atoms with E-state index in [-0.39, 0.29) is 0 Å². The second-order valence-electron chi connectivity index (χ2n) is 4.87.